The number of allylic oxidation sites excluding steroid dienone is 1. The number of nitrogens with one attached hydrogen (secondary N) is 2. The molecule has 0 saturated heterocycles. The summed E-state index contributed by atoms with van der Waals surface area (Å²) < 4.78 is 84.8. The molecule has 3 atom stereocenters. The fraction of sp³-hybridized carbons (Fsp3) is 0.481. The number of rotatable bonds is 10. The third-order valence-corrected chi connectivity index (χ3v) is 8.31. The molecule has 2 fully saturated rings. The number of hydrogen-bond acceptors (Lipinski definition) is 3. The monoisotopic (exact) mass is 524 g/mol. The van der Waals surface area contributed by atoms with E-state index in [1.165, 1.54) is 13.8 Å². The largest absolute Gasteiger partial charge is 0.385 e. The summed E-state index contributed by atoms with van der Waals surface area (Å²) in [5, 5.41) is 3.02. The molecule has 0 bridgehead atoms. The third-order valence-electron chi connectivity index (χ3n) is 7.41. The Hall–Kier alpha value is -2.39. The molecule has 9 heteroatoms. The summed E-state index contributed by atoms with van der Waals surface area (Å²) in [5.41, 5.74) is -0.687. The van der Waals surface area contributed by atoms with Crippen LogP contribution in [0.3, 0.4) is 0 Å². The van der Waals surface area contributed by atoms with Gasteiger partial charge in [0.2, 0.25) is 16.0 Å². The lowest BCUT2D eigenvalue weighted by Gasteiger charge is -2.29. The van der Waals surface area contributed by atoms with Crippen molar-refractivity contribution >= 4 is 10.0 Å². The van der Waals surface area contributed by atoms with E-state index in [4.69, 9.17) is 0 Å². The van der Waals surface area contributed by atoms with E-state index in [0.717, 1.165) is 25.0 Å². The lowest BCUT2D eigenvalue weighted by molar-refractivity contribution is 0.211. The van der Waals surface area contributed by atoms with Crippen molar-refractivity contribution in [2.24, 2.45) is 17.3 Å². The molecule has 2 aliphatic rings. The molecule has 0 amide bonds. The van der Waals surface area contributed by atoms with Crippen molar-refractivity contribution in [1.82, 2.24) is 10.0 Å². The Kier molecular flexibility index (Phi) is 7.27. The van der Waals surface area contributed by atoms with Crippen LogP contribution in [-0.2, 0) is 16.4 Å². The number of halogens is 4. The van der Waals surface area contributed by atoms with Crippen molar-refractivity contribution in [1.29, 1.82) is 0 Å². The molecule has 0 heterocycles. The summed E-state index contributed by atoms with van der Waals surface area (Å²) in [6.07, 6.45) is 2.00. The standard InChI is InChI=1S/C27H32F4N2O2S/c1-17(32-15-26(2,3)31)23-14-27(9-10-27)25(33-36(34,35)16-28)22(23)12-19-11-20(29)13-21(24(19)30)18-7-5-4-6-8-18/h4-8,11,13,22-23,25,32-33H,1,9-10,12,14-16H2,2-3H3/t22-,23?,25-/m1/s1. The van der Waals surface area contributed by atoms with Crippen LogP contribution in [0.25, 0.3) is 11.1 Å². The molecule has 0 aromatic heterocycles. The number of alkyl halides is 2. The molecule has 2 aromatic carbocycles. The van der Waals surface area contributed by atoms with Crippen LogP contribution >= 0.6 is 0 Å². The van der Waals surface area contributed by atoms with Crippen LogP contribution in [0, 0.1) is 28.9 Å². The second-order valence-electron chi connectivity index (χ2n) is 10.8. The maximum absolute atomic E-state index is 15.7. The van der Waals surface area contributed by atoms with Crippen LogP contribution in [0.2, 0.25) is 0 Å². The van der Waals surface area contributed by atoms with E-state index in [-0.39, 0.29) is 30.0 Å². The van der Waals surface area contributed by atoms with Gasteiger partial charge in [-0.15, -0.1) is 0 Å². The Morgan fingerprint density at radius 3 is 2.42 bits per heavy atom. The third kappa shape index (κ3) is 5.78. The predicted octanol–water partition coefficient (Wildman–Crippen LogP) is 5.66. The fourth-order valence-electron chi connectivity index (χ4n) is 5.49. The molecule has 0 aliphatic heterocycles. The van der Waals surface area contributed by atoms with Gasteiger partial charge < -0.3 is 5.32 Å². The summed E-state index contributed by atoms with van der Waals surface area (Å²) in [6, 6.07) is 8.61. The van der Waals surface area contributed by atoms with E-state index in [0.29, 0.717) is 17.7 Å². The topological polar surface area (TPSA) is 58.2 Å². The second kappa shape index (κ2) is 9.82. The van der Waals surface area contributed by atoms with Crippen molar-refractivity contribution < 1.29 is 26.0 Å². The van der Waals surface area contributed by atoms with Gasteiger partial charge in [0.1, 0.15) is 17.3 Å². The van der Waals surface area contributed by atoms with E-state index in [1.807, 2.05) is 0 Å². The van der Waals surface area contributed by atoms with Crippen LogP contribution in [-0.4, -0.2) is 32.7 Å². The average Bonchev–Trinajstić information content (AvgIpc) is 3.55. The van der Waals surface area contributed by atoms with Gasteiger partial charge in [-0.2, -0.15) is 0 Å². The van der Waals surface area contributed by atoms with Gasteiger partial charge in [-0.3, -0.25) is 0 Å². The zero-order chi connectivity index (χ0) is 26.3. The molecule has 196 valence electrons. The highest BCUT2D eigenvalue weighted by Crippen LogP contribution is 2.63. The van der Waals surface area contributed by atoms with E-state index in [2.05, 4.69) is 16.6 Å². The molecular formula is C27H32F4N2O2S. The Balaban J connectivity index is 1.72. The normalized spacial score (nSPS) is 23.1. The van der Waals surface area contributed by atoms with Gasteiger partial charge in [-0.05, 0) is 74.1 Å². The average molecular weight is 525 g/mol. The highest BCUT2D eigenvalue weighted by molar-refractivity contribution is 7.89. The molecule has 4 rings (SSSR count). The van der Waals surface area contributed by atoms with Crippen LogP contribution in [0.1, 0.15) is 38.7 Å². The van der Waals surface area contributed by atoms with Gasteiger partial charge in [-0.1, -0.05) is 36.9 Å². The molecule has 0 radical (unpaired) electrons. The van der Waals surface area contributed by atoms with Gasteiger partial charge in [0.25, 0.3) is 0 Å². The maximum atomic E-state index is 15.7. The lowest BCUT2D eigenvalue weighted by atomic mass is 9.84. The van der Waals surface area contributed by atoms with Crippen molar-refractivity contribution in [2.45, 2.75) is 51.2 Å². The van der Waals surface area contributed by atoms with Crippen LogP contribution < -0.4 is 10.0 Å². The van der Waals surface area contributed by atoms with Gasteiger partial charge >= 0.3 is 0 Å². The molecule has 1 spiro atoms. The molecule has 2 aromatic rings. The fourth-order valence-corrected chi connectivity index (χ4v) is 6.36. The van der Waals surface area contributed by atoms with E-state index in [9.17, 15) is 21.6 Å². The van der Waals surface area contributed by atoms with Crippen molar-refractivity contribution in [2.75, 3.05) is 12.6 Å². The first-order valence-electron chi connectivity index (χ1n) is 12.0. The molecule has 4 nitrogen and oxygen atoms in total. The maximum Gasteiger partial charge on any atom is 0.241 e. The van der Waals surface area contributed by atoms with E-state index in [1.54, 1.807) is 30.3 Å². The SMILES string of the molecule is C=C(NCC(C)(C)F)C1CC2(CC2)[C@H](NS(=O)(=O)CF)[C@@H]1Cc1cc(F)cc(-c2ccccc2)c1F. The molecule has 2 N–H and O–H groups in total. The van der Waals surface area contributed by atoms with Gasteiger partial charge in [0, 0.05) is 29.8 Å². The van der Waals surface area contributed by atoms with Gasteiger partial charge in [0.15, 0.2) is 0 Å². The summed E-state index contributed by atoms with van der Waals surface area (Å²) in [4.78, 5) is 0. The first kappa shape index (κ1) is 26.7. The van der Waals surface area contributed by atoms with Crippen molar-refractivity contribution in [3.63, 3.8) is 0 Å². The van der Waals surface area contributed by atoms with E-state index < -0.39 is 50.7 Å². The minimum atomic E-state index is -4.21. The second-order valence-corrected chi connectivity index (χ2v) is 12.4. The smallest absolute Gasteiger partial charge is 0.241 e. The summed E-state index contributed by atoms with van der Waals surface area (Å²) in [6.45, 7) is 6.93. The molecule has 2 aliphatic carbocycles. The van der Waals surface area contributed by atoms with E-state index >= 15 is 4.39 Å². The van der Waals surface area contributed by atoms with Crippen LogP contribution in [0.15, 0.2) is 54.7 Å². The zero-order valence-electron chi connectivity index (χ0n) is 20.5. The quantitative estimate of drug-likeness (QED) is 0.395. The summed E-state index contributed by atoms with van der Waals surface area (Å²) in [7, 11) is -4.21. The number of sulfonamides is 1. The first-order valence-corrected chi connectivity index (χ1v) is 13.7. The Labute approximate surface area is 210 Å². The zero-order valence-corrected chi connectivity index (χ0v) is 21.3. The number of hydrogen-bond donors (Lipinski definition) is 2. The molecular weight excluding hydrogens is 492 g/mol. The summed E-state index contributed by atoms with van der Waals surface area (Å²) in [5.74, 6) is -2.08. The highest BCUT2D eigenvalue weighted by atomic mass is 32.2. The Bertz CT molecular complexity index is 1220. The Morgan fingerprint density at radius 2 is 1.83 bits per heavy atom. The van der Waals surface area contributed by atoms with Crippen molar-refractivity contribution in [3.8, 4) is 11.1 Å². The first-order chi connectivity index (χ1) is 16.8. The molecule has 1 unspecified atom stereocenters. The minimum absolute atomic E-state index is 0.00455. The van der Waals surface area contributed by atoms with Crippen molar-refractivity contribution in [3.05, 3.63) is 71.9 Å². The summed E-state index contributed by atoms with van der Waals surface area (Å²) >= 11 is 0. The van der Waals surface area contributed by atoms with Gasteiger partial charge in [-0.25, -0.2) is 30.7 Å². The van der Waals surface area contributed by atoms with Crippen LogP contribution in [0.4, 0.5) is 17.6 Å². The predicted molar refractivity (Wildman–Crippen MR) is 133 cm³/mol. The van der Waals surface area contributed by atoms with Gasteiger partial charge in [0.05, 0.1) is 0 Å². The van der Waals surface area contributed by atoms with Crippen LogP contribution in [0.5, 0.6) is 0 Å². The molecule has 2 saturated carbocycles. The number of benzene rings is 2. The Morgan fingerprint density at radius 1 is 1.17 bits per heavy atom. The lowest BCUT2D eigenvalue weighted by Crippen LogP contribution is -2.45. The highest BCUT2D eigenvalue weighted by Gasteiger charge is 2.61. The minimum Gasteiger partial charge on any atom is -0.385 e. The molecule has 36 heavy (non-hydrogen) atoms.